The van der Waals surface area contributed by atoms with Gasteiger partial charge in [0, 0.05) is 6.04 Å². The van der Waals surface area contributed by atoms with Crippen molar-refractivity contribution in [2.45, 2.75) is 45.7 Å². The minimum absolute atomic E-state index is 0.124. The second-order valence-electron chi connectivity index (χ2n) is 5.83. The molecule has 1 aromatic heterocycles. The standard InChI is InChI=1S/C14H20N2O4/c1-14(2)7-3-4-11(14)16-13(19)15-8-9-5-6-10(20-9)12(17)18/h5-6,11H,3-4,7-8H2,1-2H3,(H,17,18)(H2,15,16,19). The number of aromatic carboxylic acids is 1. The zero-order chi connectivity index (χ0) is 14.8. The first kappa shape index (κ1) is 14.4. The number of carbonyl (C=O) groups excluding carboxylic acids is 1. The summed E-state index contributed by atoms with van der Waals surface area (Å²) >= 11 is 0. The third kappa shape index (κ3) is 3.31. The molecule has 0 aromatic carbocycles. The van der Waals surface area contributed by atoms with E-state index in [0.29, 0.717) is 5.76 Å². The Morgan fingerprint density at radius 2 is 2.20 bits per heavy atom. The van der Waals surface area contributed by atoms with Gasteiger partial charge in [0.1, 0.15) is 5.76 Å². The lowest BCUT2D eigenvalue weighted by Crippen LogP contribution is -2.46. The van der Waals surface area contributed by atoms with Gasteiger partial charge in [0.15, 0.2) is 0 Å². The predicted molar refractivity (Wildman–Crippen MR) is 72.5 cm³/mol. The van der Waals surface area contributed by atoms with E-state index in [4.69, 9.17) is 9.52 Å². The maximum absolute atomic E-state index is 11.8. The van der Waals surface area contributed by atoms with Crippen LogP contribution in [0, 0.1) is 5.41 Å². The van der Waals surface area contributed by atoms with Crippen LogP contribution in [0.3, 0.4) is 0 Å². The average Bonchev–Trinajstić information content (AvgIpc) is 2.94. The van der Waals surface area contributed by atoms with Gasteiger partial charge in [0.2, 0.25) is 5.76 Å². The number of rotatable bonds is 4. The molecule has 1 aromatic rings. The number of urea groups is 1. The molecule has 1 aliphatic carbocycles. The van der Waals surface area contributed by atoms with Crippen LogP contribution in [0.25, 0.3) is 0 Å². The van der Waals surface area contributed by atoms with Crippen molar-refractivity contribution in [3.8, 4) is 0 Å². The van der Waals surface area contributed by atoms with E-state index in [2.05, 4.69) is 24.5 Å². The summed E-state index contributed by atoms with van der Waals surface area (Å²) in [4.78, 5) is 22.5. The van der Waals surface area contributed by atoms with Crippen LogP contribution in [0.4, 0.5) is 4.79 Å². The molecule has 0 bridgehead atoms. The van der Waals surface area contributed by atoms with Gasteiger partial charge in [0.25, 0.3) is 0 Å². The highest BCUT2D eigenvalue weighted by Gasteiger charge is 2.35. The Labute approximate surface area is 117 Å². The highest BCUT2D eigenvalue weighted by molar-refractivity contribution is 5.84. The molecule has 1 unspecified atom stereocenters. The Balaban J connectivity index is 1.81. The van der Waals surface area contributed by atoms with Gasteiger partial charge >= 0.3 is 12.0 Å². The van der Waals surface area contributed by atoms with Crippen LogP contribution in [-0.2, 0) is 6.54 Å². The van der Waals surface area contributed by atoms with Crippen molar-refractivity contribution >= 4 is 12.0 Å². The molecular weight excluding hydrogens is 260 g/mol. The molecular formula is C14H20N2O4. The van der Waals surface area contributed by atoms with E-state index in [-0.39, 0.29) is 29.8 Å². The summed E-state index contributed by atoms with van der Waals surface area (Å²) in [5, 5.41) is 14.4. The predicted octanol–water partition coefficient (Wildman–Crippen LogP) is 2.36. The highest BCUT2D eigenvalue weighted by atomic mass is 16.4. The topological polar surface area (TPSA) is 91.6 Å². The zero-order valence-electron chi connectivity index (χ0n) is 11.7. The molecule has 1 heterocycles. The maximum atomic E-state index is 11.8. The number of furan rings is 1. The lowest BCUT2D eigenvalue weighted by molar-refractivity contribution is 0.0660. The summed E-state index contributed by atoms with van der Waals surface area (Å²) in [6.07, 6.45) is 3.22. The van der Waals surface area contributed by atoms with Crippen molar-refractivity contribution in [2.24, 2.45) is 5.41 Å². The van der Waals surface area contributed by atoms with Gasteiger partial charge in [-0.1, -0.05) is 20.3 Å². The molecule has 6 nitrogen and oxygen atoms in total. The molecule has 1 saturated carbocycles. The van der Waals surface area contributed by atoms with Crippen molar-refractivity contribution in [1.29, 1.82) is 0 Å². The Kier molecular flexibility index (Phi) is 4.01. The first-order valence-electron chi connectivity index (χ1n) is 6.75. The van der Waals surface area contributed by atoms with Crippen LogP contribution in [0.15, 0.2) is 16.5 Å². The molecule has 2 amide bonds. The molecule has 1 aliphatic rings. The van der Waals surface area contributed by atoms with E-state index >= 15 is 0 Å². The summed E-state index contributed by atoms with van der Waals surface area (Å²) in [7, 11) is 0. The molecule has 6 heteroatoms. The van der Waals surface area contributed by atoms with Gasteiger partial charge < -0.3 is 20.2 Å². The number of hydrogen-bond acceptors (Lipinski definition) is 3. The largest absolute Gasteiger partial charge is 0.475 e. The number of nitrogens with one attached hydrogen (secondary N) is 2. The zero-order valence-corrected chi connectivity index (χ0v) is 11.7. The number of amides is 2. The van der Waals surface area contributed by atoms with E-state index in [1.54, 1.807) is 6.07 Å². The molecule has 110 valence electrons. The first-order valence-corrected chi connectivity index (χ1v) is 6.75. The molecule has 1 fully saturated rings. The fourth-order valence-corrected chi connectivity index (χ4v) is 2.56. The van der Waals surface area contributed by atoms with E-state index in [9.17, 15) is 9.59 Å². The molecule has 0 aliphatic heterocycles. The lowest BCUT2D eigenvalue weighted by Gasteiger charge is -2.27. The van der Waals surface area contributed by atoms with Crippen LogP contribution in [0.1, 0.15) is 49.4 Å². The smallest absolute Gasteiger partial charge is 0.371 e. The number of carboxylic acid groups (broad SMARTS) is 1. The number of hydrogen-bond donors (Lipinski definition) is 3. The SMILES string of the molecule is CC1(C)CCCC1NC(=O)NCc1ccc(C(=O)O)o1. The third-order valence-electron chi connectivity index (χ3n) is 3.86. The van der Waals surface area contributed by atoms with Crippen molar-refractivity contribution in [1.82, 2.24) is 10.6 Å². The second-order valence-corrected chi connectivity index (χ2v) is 5.83. The quantitative estimate of drug-likeness (QED) is 0.789. The van der Waals surface area contributed by atoms with Crippen LogP contribution in [-0.4, -0.2) is 23.1 Å². The normalized spacial score (nSPS) is 20.6. The van der Waals surface area contributed by atoms with Crippen LogP contribution in [0.2, 0.25) is 0 Å². The molecule has 1 atom stereocenters. The highest BCUT2D eigenvalue weighted by Crippen LogP contribution is 2.37. The average molecular weight is 280 g/mol. The van der Waals surface area contributed by atoms with E-state index < -0.39 is 5.97 Å². The minimum atomic E-state index is -1.12. The van der Waals surface area contributed by atoms with Crippen LogP contribution >= 0.6 is 0 Å². The molecule has 20 heavy (non-hydrogen) atoms. The van der Waals surface area contributed by atoms with Gasteiger partial charge in [-0.05, 0) is 30.4 Å². The van der Waals surface area contributed by atoms with Crippen LogP contribution < -0.4 is 10.6 Å². The maximum Gasteiger partial charge on any atom is 0.371 e. The van der Waals surface area contributed by atoms with E-state index in [1.165, 1.54) is 6.07 Å². The Morgan fingerprint density at radius 3 is 2.75 bits per heavy atom. The summed E-state index contributed by atoms with van der Waals surface area (Å²) in [6.45, 7) is 4.47. The summed E-state index contributed by atoms with van der Waals surface area (Å²) in [6, 6.07) is 2.84. The van der Waals surface area contributed by atoms with Crippen LogP contribution in [0.5, 0.6) is 0 Å². The monoisotopic (exact) mass is 280 g/mol. The molecule has 3 N–H and O–H groups in total. The Hall–Kier alpha value is -1.98. The van der Waals surface area contributed by atoms with Crippen molar-refractivity contribution in [3.05, 3.63) is 23.7 Å². The van der Waals surface area contributed by atoms with Gasteiger partial charge in [-0.15, -0.1) is 0 Å². The van der Waals surface area contributed by atoms with Gasteiger partial charge in [-0.2, -0.15) is 0 Å². The summed E-state index contributed by atoms with van der Waals surface area (Å²) in [5.74, 6) is -0.823. The summed E-state index contributed by atoms with van der Waals surface area (Å²) in [5.41, 5.74) is 0.124. The van der Waals surface area contributed by atoms with Gasteiger partial charge in [-0.25, -0.2) is 9.59 Å². The van der Waals surface area contributed by atoms with Crippen molar-refractivity contribution < 1.29 is 19.1 Å². The molecule has 0 saturated heterocycles. The fraction of sp³-hybridized carbons (Fsp3) is 0.571. The van der Waals surface area contributed by atoms with E-state index in [0.717, 1.165) is 19.3 Å². The molecule has 2 rings (SSSR count). The fourth-order valence-electron chi connectivity index (χ4n) is 2.56. The number of carbonyl (C=O) groups is 2. The van der Waals surface area contributed by atoms with Crippen molar-refractivity contribution in [3.63, 3.8) is 0 Å². The minimum Gasteiger partial charge on any atom is -0.475 e. The summed E-state index contributed by atoms with van der Waals surface area (Å²) < 4.78 is 5.06. The first-order chi connectivity index (χ1) is 9.38. The number of carboxylic acids is 1. The molecule has 0 spiro atoms. The molecule has 0 radical (unpaired) electrons. The van der Waals surface area contributed by atoms with Crippen molar-refractivity contribution in [2.75, 3.05) is 0 Å². The van der Waals surface area contributed by atoms with Gasteiger partial charge in [-0.3, -0.25) is 0 Å². The van der Waals surface area contributed by atoms with Gasteiger partial charge in [0.05, 0.1) is 6.54 Å². The van der Waals surface area contributed by atoms with E-state index in [1.807, 2.05) is 0 Å². The third-order valence-corrected chi connectivity index (χ3v) is 3.86. The Morgan fingerprint density at radius 1 is 1.45 bits per heavy atom. The lowest BCUT2D eigenvalue weighted by atomic mass is 9.87. The Bertz CT molecular complexity index is 507. The second kappa shape index (κ2) is 5.56.